The van der Waals surface area contributed by atoms with Crippen LogP contribution in [0.2, 0.25) is 0 Å². The highest BCUT2D eigenvalue weighted by atomic mass is 16.2. The van der Waals surface area contributed by atoms with Crippen molar-refractivity contribution in [3.63, 3.8) is 0 Å². The first-order chi connectivity index (χ1) is 15.6. The molecule has 3 aromatic carbocycles. The lowest BCUT2D eigenvalue weighted by Gasteiger charge is -2.27. The largest absolute Gasteiger partial charge is 0.345 e. The maximum absolute atomic E-state index is 13.1. The van der Waals surface area contributed by atoms with Crippen LogP contribution in [0.15, 0.2) is 78.9 Å². The van der Waals surface area contributed by atoms with Gasteiger partial charge in [-0.05, 0) is 67.4 Å². The minimum atomic E-state index is -0.389. The zero-order valence-corrected chi connectivity index (χ0v) is 17.5. The first-order valence-corrected chi connectivity index (χ1v) is 10.5. The number of anilines is 4. The topological polar surface area (TPSA) is 88.5 Å². The first-order valence-electron chi connectivity index (χ1n) is 10.5. The molecule has 4 rings (SSSR count). The Balaban J connectivity index is 1.52. The molecule has 3 amide bonds. The SMILES string of the molecule is N#Cc1cccc(NN(C(=O)Nc2ccc(N3CCCCC3=O)cc2)c2ccccc2)c1. The number of carbonyl (C=O) groups is 2. The van der Waals surface area contributed by atoms with Crippen molar-refractivity contribution >= 4 is 34.7 Å². The van der Waals surface area contributed by atoms with Gasteiger partial charge in [-0.1, -0.05) is 24.3 Å². The number of nitrogens with one attached hydrogen (secondary N) is 2. The number of rotatable bonds is 5. The maximum atomic E-state index is 13.1. The number of nitriles is 1. The lowest BCUT2D eigenvalue weighted by molar-refractivity contribution is -0.119. The van der Waals surface area contributed by atoms with Crippen molar-refractivity contribution in [3.8, 4) is 6.07 Å². The van der Waals surface area contributed by atoms with Crippen LogP contribution in [0.5, 0.6) is 0 Å². The molecule has 3 aromatic rings. The summed E-state index contributed by atoms with van der Waals surface area (Å²) in [4.78, 5) is 27.1. The lowest BCUT2D eigenvalue weighted by Crippen LogP contribution is -2.39. The maximum Gasteiger partial charge on any atom is 0.345 e. The summed E-state index contributed by atoms with van der Waals surface area (Å²) in [5.41, 5.74) is 6.26. The molecule has 7 heteroatoms. The molecular formula is C25H23N5O2. The van der Waals surface area contributed by atoms with Crippen molar-refractivity contribution in [2.75, 3.05) is 27.2 Å². The molecule has 2 N–H and O–H groups in total. The molecule has 1 saturated heterocycles. The van der Waals surface area contributed by atoms with E-state index >= 15 is 0 Å². The van der Waals surface area contributed by atoms with E-state index in [4.69, 9.17) is 5.26 Å². The van der Waals surface area contributed by atoms with E-state index in [2.05, 4.69) is 16.8 Å². The van der Waals surface area contributed by atoms with Crippen molar-refractivity contribution in [3.05, 3.63) is 84.4 Å². The Morgan fingerprint density at radius 1 is 0.938 bits per heavy atom. The lowest BCUT2D eigenvalue weighted by atomic mass is 10.1. The van der Waals surface area contributed by atoms with Gasteiger partial charge in [-0.2, -0.15) is 5.26 Å². The molecular weight excluding hydrogens is 402 g/mol. The van der Waals surface area contributed by atoms with E-state index in [1.165, 1.54) is 5.01 Å². The van der Waals surface area contributed by atoms with Crippen molar-refractivity contribution in [1.29, 1.82) is 5.26 Å². The monoisotopic (exact) mass is 425 g/mol. The second-order valence-corrected chi connectivity index (χ2v) is 7.45. The molecule has 7 nitrogen and oxygen atoms in total. The third kappa shape index (κ3) is 4.87. The number of nitrogens with zero attached hydrogens (tertiary/aromatic N) is 3. The molecule has 0 aliphatic carbocycles. The summed E-state index contributed by atoms with van der Waals surface area (Å²) in [5, 5.41) is 13.4. The number of benzene rings is 3. The van der Waals surface area contributed by atoms with Crippen molar-refractivity contribution < 1.29 is 9.59 Å². The molecule has 0 unspecified atom stereocenters. The van der Waals surface area contributed by atoms with E-state index in [0.717, 1.165) is 25.1 Å². The van der Waals surface area contributed by atoms with Crippen LogP contribution in [0.1, 0.15) is 24.8 Å². The van der Waals surface area contributed by atoms with Crippen LogP contribution in [0.3, 0.4) is 0 Å². The number of carbonyl (C=O) groups excluding carboxylic acids is 2. The molecule has 0 aromatic heterocycles. The van der Waals surface area contributed by atoms with Gasteiger partial charge in [0.2, 0.25) is 5.91 Å². The zero-order chi connectivity index (χ0) is 22.3. The molecule has 1 heterocycles. The molecule has 0 saturated carbocycles. The van der Waals surface area contributed by atoms with Gasteiger partial charge in [0.25, 0.3) is 0 Å². The van der Waals surface area contributed by atoms with Gasteiger partial charge in [0.15, 0.2) is 0 Å². The predicted octanol–water partition coefficient (Wildman–Crippen LogP) is 5.14. The highest BCUT2D eigenvalue weighted by Gasteiger charge is 2.20. The second-order valence-electron chi connectivity index (χ2n) is 7.45. The second kappa shape index (κ2) is 9.67. The van der Waals surface area contributed by atoms with Crippen LogP contribution >= 0.6 is 0 Å². The summed E-state index contributed by atoms with van der Waals surface area (Å²) in [6.07, 6.45) is 2.50. The fourth-order valence-electron chi connectivity index (χ4n) is 3.58. The molecule has 0 spiro atoms. The Kier molecular flexibility index (Phi) is 6.33. The van der Waals surface area contributed by atoms with Crippen molar-refractivity contribution in [1.82, 2.24) is 0 Å². The molecule has 1 aliphatic rings. The molecule has 0 radical (unpaired) electrons. The van der Waals surface area contributed by atoms with Gasteiger partial charge in [0, 0.05) is 24.3 Å². The van der Waals surface area contributed by atoms with E-state index in [1.807, 2.05) is 42.5 Å². The molecule has 1 aliphatic heterocycles. The Morgan fingerprint density at radius 2 is 1.72 bits per heavy atom. The van der Waals surface area contributed by atoms with Crippen LogP contribution in [-0.4, -0.2) is 18.5 Å². The smallest absolute Gasteiger partial charge is 0.312 e. The van der Waals surface area contributed by atoms with Crippen LogP contribution in [0.25, 0.3) is 0 Å². The van der Waals surface area contributed by atoms with E-state index in [9.17, 15) is 9.59 Å². The van der Waals surface area contributed by atoms with E-state index in [1.54, 1.807) is 41.3 Å². The molecule has 32 heavy (non-hydrogen) atoms. The van der Waals surface area contributed by atoms with E-state index < -0.39 is 0 Å². The molecule has 0 bridgehead atoms. The average molecular weight is 425 g/mol. The highest BCUT2D eigenvalue weighted by molar-refractivity contribution is 6.03. The number of hydrogen-bond acceptors (Lipinski definition) is 4. The summed E-state index contributed by atoms with van der Waals surface area (Å²) >= 11 is 0. The van der Waals surface area contributed by atoms with Gasteiger partial charge in [-0.3, -0.25) is 10.2 Å². The van der Waals surface area contributed by atoms with Crippen LogP contribution in [0, 0.1) is 11.3 Å². The average Bonchev–Trinajstić information content (AvgIpc) is 2.84. The standard InChI is InChI=1S/C25H23N5O2/c26-18-19-7-6-8-21(17-19)28-30(23-9-2-1-3-10-23)25(32)27-20-12-14-22(15-13-20)29-16-5-4-11-24(29)31/h1-3,6-10,12-15,17,28H,4-5,11,16H2,(H,27,32). The Bertz CT molecular complexity index is 1140. The van der Waals surface area contributed by atoms with Gasteiger partial charge < -0.3 is 10.2 Å². The number of piperidine rings is 1. The molecule has 0 atom stereocenters. The van der Waals surface area contributed by atoms with Crippen molar-refractivity contribution in [2.24, 2.45) is 0 Å². The molecule has 1 fully saturated rings. The fourth-order valence-corrected chi connectivity index (χ4v) is 3.58. The third-order valence-electron chi connectivity index (χ3n) is 5.20. The molecule has 160 valence electrons. The highest BCUT2D eigenvalue weighted by Crippen LogP contribution is 2.24. The van der Waals surface area contributed by atoms with E-state index in [-0.39, 0.29) is 11.9 Å². The summed E-state index contributed by atoms with van der Waals surface area (Å²) in [5.74, 6) is 0.132. The Hall–Kier alpha value is -4.31. The summed E-state index contributed by atoms with van der Waals surface area (Å²) < 4.78 is 0. The van der Waals surface area contributed by atoms with Gasteiger partial charge >= 0.3 is 6.03 Å². The van der Waals surface area contributed by atoms with Gasteiger partial charge in [0.05, 0.1) is 23.0 Å². The van der Waals surface area contributed by atoms with Gasteiger partial charge in [0.1, 0.15) is 0 Å². The van der Waals surface area contributed by atoms with Crippen molar-refractivity contribution in [2.45, 2.75) is 19.3 Å². The summed E-state index contributed by atoms with van der Waals surface area (Å²) in [7, 11) is 0. The quantitative estimate of drug-likeness (QED) is 0.554. The number of para-hydroxylation sites is 1. The minimum Gasteiger partial charge on any atom is -0.312 e. The van der Waals surface area contributed by atoms with Crippen LogP contribution < -0.4 is 20.7 Å². The third-order valence-corrected chi connectivity index (χ3v) is 5.20. The fraction of sp³-hybridized carbons (Fsp3) is 0.160. The minimum absolute atomic E-state index is 0.132. The predicted molar refractivity (Wildman–Crippen MR) is 125 cm³/mol. The number of hydrogen-bond donors (Lipinski definition) is 2. The number of urea groups is 1. The number of amides is 3. The zero-order valence-electron chi connectivity index (χ0n) is 17.5. The first kappa shape index (κ1) is 20.9. The van der Waals surface area contributed by atoms with Gasteiger partial charge in [-0.15, -0.1) is 0 Å². The van der Waals surface area contributed by atoms with Crippen LogP contribution in [-0.2, 0) is 4.79 Å². The van der Waals surface area contributed by atoms with Gasteiger partial charge in [-0.25, -0.2) is 9.80 Å². The van der Waals surface area contributed by atoms with E-state index in [0.29, 0.717) is 29.0 Å². The van der Waals surface area contributed by atoms with Crippen LogP contribution in [0.4, 0.5) is 27.5 Å². The summed E-state index contributed by atoms with van der Waals surface area (Å²) in [6.45, 7) is 0.720. The Labute approximate surface area is 186 Å². The number of hydrazine groups is 1. The summed E-state index contributed by atoms with van der Waals surface area (Å²) in [6, 6.07) is 25.1. The Morgan fingerprint density at radius 3 is 2.44 bits per heavy atom. The normalized spacial score (nSPS) is 13.2.